The van der Waals surface area contributed by atoms with Crippen LogP contribution in [0.15, 0.2) is 16.8 Å². The van der Waals surface area contributed by atoms with Crippen molar-refractivity contribution < 1.29 is 13.7 Å². The van der Waals surface area contributed by atoms with E-state index in [-0.39, 0.29) is 11.8 Å². The predicted octanol–water partition coefficient (Wildman–Crippen LogP) is 1.59. The molecule has 2 rings (SSSR count). The average molecular weight is 209 g/mol. The van der Waals surface area contributed by atoms with Crippen molar-refractivity contribution in [3.63, 3.8) is 0 Å². The largest absolute Gasteiger partial charge is 0.479 e. The molecule has 78 valence electrons. The third-order valence-corrected chi connectivity index (χ3v) is 1.78. The third kappa shape index (κ3) is 1.78. The summed E-state index contributed by atoms with van der Waals surface area (Å²) < 4.78 is 22.8. The zero-order chi connectivity index (χ0) is 10.8. The van der Waals surface area contributed by atoms with Crippen LogP contribution in [0, 0.1) is 12.7 Å². The number of pyridine rings is 1. The van der Waals surface area contributed by atoms with E-state index in [1.165, 1.54) is 19.4 Å². The Bertz CT molecular complexity index is 484. The monoisotopic (exact) mass is 209 g/mol. The van der Waals surface area contributed by atoms with E-state index >= 15 is 0 Å². The van der Waals surface area contributed by atoms with Crippen LogP contribution in [0.25, 0.3) is 11.5 Å². The van der Waals surface area contributed by atoms with E-state index in [1.807, 2.05) is 0 Å². The molecule has 0 aliphatic rings. The van der Waals surface area contributed by atoms with Crippen molar-refractivity contribution >= 4 is 0 Å². The average Bonchev–Trinajstić information content (AvgIpc) is 2.65. The van der Waals surface area contributed by atoms with E-state index in [9.17, 15) is 4.39 Å². The molecule has 0 saturated heterocycles. The highest BCUT2D eigenvalue weighted by Crippen LogP contribution is 2.21. The number of hydrogen-bond acceptors (Lipinski definition) is 5. The Morgan fingerprint density at radius 1 is 1.47 bits per heavy atom. The van der Waals surface area contributed by atoms with Crippen LogP contribution in [-0.4, -0.2) is 22.2 Å². The smallest absolute Gasteiger partial charge is 0.259 e. The molecule has 6 heteroatoms. The lowest BCUT2D eigenvalue weighted by Gasteiger charge is -2.00. The molecule has 2 aromatic rings. The van der Waals surface area contributed by atoms with Crippen LogP contribution in [-0.2, 0) is 0 Å². The highest BCUT2D eigenvalue weighted by molar-refractivity contribution is 5.51. The summed E-state index contributed by atoms with van der Waals surface area (Å²) in [5, 5.41) is 3.60. The number of rotatable bonds is 2. The fourth-order valence-corrected chi connectivity index (χ4v) is 1.11. The van der Waals surface area contributed by atoms with Crippen LogP contribution in [0.1, 0.15) is 5.82 Å². The highest BCUT2D eigenvalue weighted by Gasteiger charge is 2.11. The molecule has 0 saturated carbocycles. The molecule has 0 aliphatic heterocycles. The molecule has 0 radical (unpaired) electrons. The lowest BCUT2D eigenvalue weighted by Crippen LogP contribution is -1.92. The van der Waals surface area contributed by atoms with Gasteiger partial charge in [-0.2, -0.15) is 4.98 Å². The minimum Gasteiger partial charge on any atom is -0.479 e. The molecule has 2 heterocycles. The quantitative estimate of drug-likeness (QED) is 0.751. The van der Waals surface area contributed by atoms with Crippen molar-refractivity contribution in [3.05, 3.63) is 23.9 Å². The van der Waals surface area contributed by atoms with Gasteiger partial charge < -0.3 is 9.26 Å². The lowest BCUT2D eigenvalue weighted by molar-refractivity contribution is 0.368. The molecule has 0 aliphatic carbocycles. The van der Waals surface area contributed by atoms with Crippen LogP contribution in [0.5, 0.6) is 5.88 Å². The van der Waals surface area contributed by atoms with Gasteiger partial charge in [0, 0.05) is 6.20 Å². The molecule has 5 nitrogen and oxygen atoms in total. The zero-order valence-electron chi connectivity index (χ0n) is 8.19. The molecule has 0 N–H and O–H groups in total. The molecule has 0 spiro atoms. The molecular formula is C9H8FN3O2. The van der Waals surface area contributed by atoms with E-state index in [0.717, 1.165) is 0 Å². The van der Waals surface area contributed by atoms with E-state index in [1.54, 1.807) is 6.92 Å². The molecule has 2 aromatic heterocycles. The fourth-order valence-electron chi connectivity index (χ4n) is 1.11. The maximum atomic E-state index is 13.3. The van der Waals surface area contributed by atoms with Gasteiger partial charge in [0.2, 0.25) is 5.88 Å². The molecule has 0 bridgehead atoms. The Labute approximate surface area is 84.9 Å². The van der Waals surface area contributed by atoms with Crippen LogP contribution in [0.4, 0.5) is 4.39 Å². The van der Waals surface area contributed by atoms with Gasteiger partial charge in [0.1, 0.15) is 0 Å². The molecule has 0 atom stereocenters. The molecule has 0 fully saturated rings. The van der Waals surface area contributed by atoms with Gasteiger partial charge in [0.05, 0.1) is 12.7 Å². The summed E-state index contributed by atoms with van der Waals surface area (Å²) in [4.78, 5) is 7.71. The van der Waals surface area contributed by atoms with Gasteiger partial charge in [0.15, 0.2) is 11.6 Å². The molecule has 0 aromatic carbocycles. The lowest BCUT2D eigenvalue weighted by atomic mass is 10.3. The first kappa shape index (κ1) is 9.57. The summed E-state index contributed by atoms with van der Waals surface area (Å²) in [6.45, 7) is 1.68. The highest BCUT2D eigenvalue weighted by atomic mass is 19.1. The number of ether oxygens (including phenoxy) is 1. The van der Waals surface area contributed by atoms with Gasteiger partial charge in [-0.15, -0.1) is 0 Å². The van der Waals surface area contributed by atoms with Crippen molar-refractivity contribution in [2.45, 2.75) is 6.92 Å². The van der Waals surface area contributed by atoms with Crippen LogP contribution < -0.4 is 4.74 Å². The summed E-state index contributed by atoms with van der Waals surface area (Å²) >= 11 is 0. The van der Waals surface area contributed by atoms with Crippen molar-refractivity contribution in [3.8, 4) is 17.3 Å². The van der Waals surface area contributed by atoms with Crippen LogP contribution in [0.2, 0.25) is 0 Å². The zero-order valence-corrected chi connectivity index (χ0v) is 8.19. The second-order valence-corrected chi connectivity index (χ2v) is 2.86. The first-order valence-electron chi connectivity index (χ1n) is 4.21. The van der Waals surface area contributed by atoms with Crippen LogP contribution in [0.3, 0.4) is 0 Å². The number of methoxy groups -OCH3 is 1. The van der Waals surface area contributed by atoms with Crippen molar-refractivity contribution in [1.29, 1.82) is 0 Å². The summed E-state index contributed by atoms with van der Waals surface area (Å²) in [7, 11) is 1.35. The molecule has 0 amide bonds. The molecule has 15 heavy (non-hydrogen) atoms. The Balaban J connectivity index is 2.42. The van der Waals surface area contributed by atoms with Crippen molar-refractivity contribution in [1.82, 2.24) is 15.1 Å². The van der Waals surface area contributed by atoms with Gasteiger partial charge in [-0.1, -0.05) is 5.16 Å². The minimum absolute atomic E-state index is 0.0602. The number of hydrogen-bond donors (Lipinski definition) is 0. The Morgan fingerprint density at radius 3 is 2.80 bits per heavy atom. The minimum atomic E-state index is -0.564. The Hall–Kier alpha value is -1.98. The topological polar surface area (TPSA) is 61.0 Å². The van der Waals surface area contributed by atoms with Crippen molar-refractivity contribution in [2.24, 2.45) is 0 Å². The predicted molar refractivity (Wildman–Crippen MR) is 48.8 cm³/mol. The first-order chi connectivity index (χ1) is 7.20. The van der Waals surface area contributed by atoms with Crippen LogP contribution >= 0.6 is 0 Å². The number of halogens is 1. The molecule has 0 unspecified atom stereocenters. The SMILES string of the molecule is COc1ncc(-c2nc(C)no2)cc1F. The number of nitrogens with zero attached hydrogens (tertiary/aromatic N) is 3. The van der Waals surface area contributed by atoms with E-state index in [2.05, 4.69) is 19.9 Å². The van der Waals surface area contributed by atoms with Gasteiger partial charge in [-0.3, -0.25) is 0 Å². The second-order valence-electron chi connectivity index (χ2n) is 2.86. The normalized spacial score (nSPS) is 10.3. The van der Waals surface area contributed by atoms with Gasteiger partial charge in [-0.25, -0.2) is 9.37 Å². The van der Waals surface area contributed by atoms with E-state index < -0.39 is 5.82 Å². The number of aryl methyl sites for hydroxylation is 1. The van der Waals surface area contributed by atoms with Gasteiger partial charge >= 0.3 is 0 Å². The second kappa shape index (κ2) is 3.64. The standard InChI is InChI=1S/C9H8FN3O2/c1-5-12-8(15-13-5)6-3-7(10)9(14-2)11-4-6/h3-4H,1-2H3. The fraction of sp³-hybridized carbons (Fsp3) is 0.222. The summed E-state index contributed by atoms with van der Waals surface area (Å²) in [5.74, 6) is 0.101. The maximum absolute atomic E-state index is 13.3. The Morgan fingerprint density at radius 2 is 2.27 bits per heavy atom. The summed E-state index contributed by atoms with van der Waals surface area (Å²) in [5.41, 5.74) is 0.425. The van der Waals surface area contributed by atoms with Gasteiger partial charge in [0.25, 0.3) is 5.89 Å². The molecular weight excluding hydrogens is 201 g/mol. The first-order valence-corrected chi connectivity index (χ1v) is 4.21. The maximum Gasteiger partial charge on any atom is 0.259 e. The van der Waals surface area contributed by atoms with Gasteiger partial charge in [-0.05, 0) is 13.0 Å². The third-order valence-electron chi connectivity index (χ3n) is 1.78. The number of aromatic nitrogens is 3. The van der Waals surface area contributed by atoms with E-state index in [4.69, 9.17) is 4.52 Å². The van der Waals surface area contributed by atoms with Crippen molar-refractivity contribution in [2.75, 3.05) is 7.11 Å². The summed E-state index contributed by atoms with van der Waals surface area (Å²) in [6.07, 6.45) is 1.41. The Kier molecular flexibility index (Phi) is 2.32. The summed E-state index contributed by atoms with van der Waals surface area (Å²) in [6, 6.07) is 1.23. The van der Waals surface area contributed by atoms with E-state index in [0.29, 0.717) is 11.4 Å².